The van der Waals surface area contributed by atoms with Crippen molar-refractivity contribution in [3.63, 3.8) is 0 Å². The highest BCUT2D eigenvalue weighted by Gasteiger charge is 2.48. The second kappa shape index (κ2) is 6.79. The molecule has 0 aliphatic carbocycles. The Morgan fingerprint density at radius 1 is 1.22 bits per heavy atom. The highest BCUT2D eigenvalue weighted by Crippen LogP contribution is 2.35. The van der Waals surface area contributed by atoms with Gasteiger partial charge in [0.15, 0.2) is 10.9 Å². The molecule has 0 bridgehead atoms. The smallest absolute Gasteiger partial charge is 0.262 e. The standard InChI is InChI=1S/C19H18N4O3S/c1-23-9-7-19(25,17(23)24)16-11-15(22-26-16)13-5-3-4-12(10-13)14-6-8-20-18(21-14)27-2/h3-6,8,10-11,25H,7,9H2,1-2H3/t19-/m1/s1. The van der Waals surface area contributed by atoms with Crippen molar-refractivity contribution in [3.8, 4) is 22.5 Å². The minimum absolute atomic E-state index is 0.170. The van der Waals surface area contributed by atoms with Gasteiger partial charge in [-0.05, 0) is 18.4 Å². The van der Waals surface area contributed by atoms with Gasteiger partial charge in [0.05, 0.1) is 5.69 Å². The van der Waals surface area contributed by atoms with Crippen LogP contribution in [0.25, 0.3) is 22.5 Å². The number of thioether (sulfide) groups is 1. The van der Waals surface area contributed by atoms with Crippen LogP contribution in [0.1, 0.15) is 12.2 Å². The summed E-state index contributed by atoms with van der Waals surface area (Å²) in [5.41, 5.74) is 1.46. The molecule has 3 heterocycles. The molecule has 138 valence electrons. The van der Waals surface area contributed by atoms with Crippen LogP contribution in [-0.2, 0) is 10.4 Å². The molecule has 0 spiro atoms. The van der Waals surface area contributed by atoms with E-state index in [-0.39, 0.29) is 18.1 Å². The molecule has 1 aliphatic heterocycles. The molecule has 1 aliphatic rings. The van der Waals surface area contributed by atoms with E-state index in [0.717, 1.165) is 16.8 Å². The van der Waals surface area contributed by atoms with Crippen LogP contribution < -0.4 is 0 Å². The summed E-state index contributed by atoms with van der Waals surface area (Å²) in [6, 6.07) is 11.2. The molecule has 27 heavy (non-hydrogen) atoms. The fraction of sp³-hybridized carbons (Fsp3) is 0.263. The summed E-state index contributed by atoms with van der Waals surface area (Å²) in [6.07, 6.45) is 3.95. The van der Waals surface area contributed by atoms with Gasteiger partial charge in [-0.2, -0.15) is 0 Å². The maximum atomic E-state index is 12.2. The van der Waals surface area contributed by atoms with Crippen molar-refractivity contribution in [1.82, 2.24) is 20.0 Å². The lowest BCUT2D eigenvalue weighted by molar-refractivity contribution is -0.144. The molecule has 1 atom stereocenters. The lowest BCUT2D eigenvalue weighted by Crippen LogP contribution is -2.35. The zero-order valence-electron chi connectivity index (χ0n) is 14.9. The fourth-order valence-corrected chi connectivity index (χ4v) is 3.48. The van der Waals surface area contributed by atoms with E-state index in [1.54, 1.807) is 19.3 Å². The number of likely N-dealkylation sites (tertiary alicyclic amines) is 1. The van der Waals surface area contributed by atoms with Gasteiger partial charge in [0.25, 0.3) is 5.91 Å². The minimum Gasteiger partial charge on any atom is -0.373 e. The molecule has 0 saturated carbocycles. The van der Waals surface area contributed by atoms with E-state index in [0.29, 0.717) is 17.4 Å². The average molecular weight is 382 g/mol. The van der Waals surface area contributed by atoms with Crippen LogP contribution in [-0.4, -0.2) is 50.9 Å². The Kier molecular flexibility index (Phi) is 4.45. The summed E-state index contributed by atoms with van der Waals surface area (Å²) >= 11 is 1.48. The van der Waals surface area contributed by atoms with Crippen molar-refractivity contribution in [3.05, 3.63) is 48.4 Å². The summed E-state index contributed by atoms with van der Waals surface area (Å²) in [7, 11) is 1.66. The quantitative estimate of drug-likeness (QED) is 0.548. The molecule has 1 amide bonds. The second-order valence-corrected chi connectivity index (χ2v) is 7.20. The third-order valence-corrected chi connectivity index (χ3v) is 5.26. The molecule has 3 aromatic rings. The molecular formula is C19H18N4O3S. The van der Waals surface area contributed by atoms with Gasteiger partial charge in [-0.25, -0.2) is 9.97 Å². The molecule has 1 fully saturated rings. The van der Waals surface area contributed by atoms with Crippen LogP contribution >= 0.6 is 11.8 Å². The summed E-state index contributed by atoms with van der Waals surface area (Å²) in [5.74, 6) is -0.200. The van der Waals surface area contributed by atoms with Crippen LogP contribution in [0.4, 0.5) is 0 Å². The van der Waals surface area contributed by atoms with Gasteiger partial charge >= 0.3 is 0 Å². The van der Waals surface area contributed by atoms with Gasteiger partial charge in [-0.15, -0.1) is 0 Å². The molecule has 2 aromatic heterocycles. The number of carbonyl (C=O) groups is 1. The number of rotatable bonds is 4. The summed E-state index contributed by atoms with van der Waals surface area (Å²) < 4.78 is 5.33. The number of benzene rings is 1. The molecule has 0 unspecified atom stereocenters. The Balaban J connectivity index is 1.67. The Labute approximate surface area is 160 Å². The van der Waals surface area contributed by atoms with Gasteiger partial charge in [0.2, 0.25) is 5.60 Å². The maximum Gasteiger partial charge on any atom is 0.262 e. The van der Waals surface area contributed by atoms with Crippen LogP contribution in [0.5, 0.6) is 0 Å². The van der Waals surface area contributed by atoms with E-state index in [1.807, 2.05) is 36.6 Å². The van der Waals surface area contributed by atoms with Gasteiger partial charge in [-0.1, -0.05) is 35.1 Å². The first-order valence-corrected chi connectivity index (χ1v) is 9.67. The normalized spacial score (nSPS) is 19.7. The maximum absolute atomic E-state index is 12.2. The molecule has 1 N–H and O–H groups in total. The Bertz CT molecular complexity index is 1010. The lowest BCUT2D eigenvalue weighted by Gasteiger charge is -2.16. The predicted molar refractivity (Wildman–Crippen MR) is 101 cm³/mol. The minimum atomic E-state index is -1.64. The van der Waals surface area contributed by atoms with Crippen LogP contribution in [0.3, 0.4) is 0 Å². The fourth-order valence-electron chi connectivity index (χ4n) is 3.13. The molecular weight excluding hydrogens is 364 g/mol. The van der Waals surface area contributed by atoms with Gasteiger partial charge in [-0.3, -0.25) is 4.79 Å². The number of carbonyl (C=O) groups excluding carboxylic acids is 1. The Hall–Kier alpha value is -2.71. The summed E-state index contributed by atoms with van der Waals surface area (Å²) in [5, 5.41) is 15.5. The number of aliphatic hydroxyl groups is 1. The number of amides is 1. The number of likely N-dealkylation sites (N-methyl/N-ethyl adjacent to an activating group) is 1. The zero-order valence-corrected chi connectivity index (χ0v) is 15.7. The second-order valence-electron chi connectivity index (χ2n) is 6.42. The van der Waals surface area contributed by atoms with Crippen molar-refractivity contribution in [2.45, 2.75) is 17.2 Å². The number of aromatic nitrogens is 3. The van der Waals surface area contributed by atoms with E-state index >= 15 is 0 Å². The lowest BCUT2D eigenvalue weighted by atomic mass is 9.98. The molecule has 4 rings (SSSR count). The topological polar surface area (TPSA) is 92.4 Å². The monoisotopic (exact) mass is 382 g/mol. The van der Waals surface area contributed by atoms with Crippen LogP contribution in [0, 0.1) is 0 Å². The highest BCUT2D eigenvalue weighted by molar-refractivity contribution is 7.98. The van der Waals surface area contributed by atoms with Gasteiger partial charge in [0, 0.05) is 43.4 Å². The van der Waals surface area contributed by atoms with Crippen molar-refractivity contribution in [2.24, 2.45) is 0 Å². The largest absolute Gasteiger partial charge is 0.373 e. The van der Waals surface area contributed by atoms with Crippen molar-refractivity contribution in [1.29, 1.82) is 0 Å². The van der Waals surface area contributed by atoms with Crippen molar-refractivity contribution in [2.75, 3.05) is 19.8 Å². The highest BCUT2D eigenvalue weighted by atomic mass is 32.2. The van der Waals surface area contributed by atoms with Gasteiger partial charge < -0.3 is 14.5 Å². The molecule has 7 nitrogen and oxygen atoms in total. The predicted octanol–water partition coefficient (Wildman–Crippen LogP) is 2.57. The first kappa shape index (κ1) is 17.7. The van der Waals surface area contributed by atoms with Gasteiger partial charge in [0.1, 0.15) is 5.69 Å². The van der Waals surface area contributed by atoms with Crippen molar-refractivity contribution < 1.29 is 14.4 Å². The third kappa shape index (κ3) is 3.11. The first-order valence-electron chi connectivity index (χ1n) is 8.44. The number of hydrogen-bond donors (Lipinski definition) is 1. The van der Waals surface area contributed by atoms with Crippen LogP contribution in [0.2, 0.25) is 0 Å². The SMILES string of the molecule is CSc1nccc(-c2cccc(-c3cc([C@]4(O)CCN(C)C4=O)on3)c2)n1. The van der Waals surface area contributed by atoms with E-state index in [1.165, 1.54) is 16.7 Å². The molecule has 1 saturated heterocycles. The molecule has 8 heteroatoms. The van der Waals surface area contributed by atoms with E-state index in [4.69, 9.17) is 4.52 Å². The van der Waals surface area contributed by atoms with Crippen LogP contribution in [0.15, 0.2) is 52.3 Å². The number of nitrogens with zero attached hydrogens (tertiary/aromatic N) is 4. The van der Waals surface area contributed by atoms with E-state index < -0.39 is 5.60 Å². The first-order chi connectivity index (χ1) is 13.0. The van der Waals surface area contributed by atoms with E-state index in [2.05, 4.69) is 15.1 Å². The zero-order chi connectivity index (χ0) is 19.0. The van der Waals surface area contributed by atoms with Crippen molar-refractivity contribution >= 4 is 17.7 Å². The summed E-state index contributed by atoms with van der Waals surface area (Å²) in [4.78, 5) is 22.4. The molecule has 1 aromatic carbocycles. The number of hydrogen-bond acceptors (Lipinski definition) is 7. The van der Waals surface area contributed by atoms with E-state index in [9.17, 15) is 9.90 Å². The Morgan fingerprint density at radius 2 is 2.00 bits per heavy atom. The summed E-state index contributed by atoms with van der Waals surface area (Å²) in [6.45, 7) is 0.479. The third-order valence-electron chi connectivity index (χ3n) is 4.70. The molecule has 0 radical (unpaired) electrons. The Morgan fingerprint density at radius 3 is 2.70 bits per heavy atom. The average Bonchev–Trinajstić information content (AvgIpc) is 3.31.